The molecule has 1 atom stereocenters. The van der Waals surface area contributed by atoms with Crippen LogP contribution in [0.4, 0.5) is 18.0 Å². The van der Waals surface area contributed by atoms with Crippen LogP contribution >= 0.6 is 0 Å². The van der Waals surface area contributed by atoms with Crippen molar-refractivity contribution in [2.75, 3.05) is 6.54 Å². The molecule has 1 aliphatic heterocycles. The van der Waals surface area contributed by atoms with Crippen molar-refractivity contribution in [3.8, 4) is 16.9 Å². The fourth-order valence-corrected chi connectivity index (χ4v) is 2.74. The molecule has 2 aromatic carbocycles. The van der Waals surface area contributed by atoms with Gasteiger partial charge in [0.1, 0.15) is 11.9 Å². The number of hydrogen-bond donors (Lipinski definition) is 2. The number of hydrogen-bond acceptors (Lipinski definition) is 2. The smallest absolute Gasteiger partial charge is 0.416 e. The van der Waals surface area contributed by atoms with Crippen LogP contribution in [0, 0.1) is 0 Å². The van der Waals surface area contributed by atoms with Crippen LogP contribution in [0.15, 0.2) is 42.5 Å². The Kier molecular flexibility index (Phi) is 4.09. The van der Waals surface area contributed by atoms with E-state index in [-0.39, 0.29) is 12.6 Å². The Morgan fingerprint density at radius 1 is 1.25 bits per heavy atom. The van der Waals surface area contributed by atoms with Gasteiger partial charge in [0.15, 0.2) is 0 Å². The minimum atomic E-state index is -4.41. The lowest BCUT2D eigenvalue weighted by atomic mass is 9.99. The molecule has 0 fully saturated rings. The van der Waals surface area contributed by atoms with E-state index in [4.69, 9.17) is 9.84 Å². The number of carbonyl (C=O) groups is 1. The zero-order valence-corrected chi connectivity index (χ0v) is 12.4. The largest absolute Gasteiger partial charge is 0.487 e. The summed E-state index contributed by atoms with van der Waals surface area (Å²) < 4.78 is 44.5. The maximum Gasteiger partial charge on any atom is 0.416 e. The predicted octanol–water partition coefficient (Wildman–Crippen LogP) is 3.94. The van der Waals surface area contributed by atoms with Crippen molar-refractivity contribution in [2.45, 2.75) is 18.7 Å². The van der Waals surface area contributed by atoms with Gasteiger partial charge < -0.3 is 15.2 Å². The summed E-state index contributed by atoms with van der Waals surface area (Å²) in [6, 6.07) is 10.3. The molecule has 1 unspecified atom stereocenters. The van der Waals surface area contributed by atoms with Crippen LogP contribution in [0.1, 0.15) is 11.1 Å². The van der Waals surface area contributed by atoms with Crippen LogP contribution in [0.3, 0.4) is 0 Å². The van der Waals surface area contributed by atoms with Gasteiger partial charge in [0.2, 0.25) is 0 Å². The second kappa shape index (κ2) is 6.07. The summed E-state index contributed by atoms with van der Waals surface area (Å²) in [4.78, 5) is 10.6. The third-order valence-corrected chi connectivity index (χ3v) is 3.81. The molecule has 0 spiro atoms. The molecule has 3 rings (SSSR count). The van der Waals surface area contributed by atoms with E-state index < -0.39 is 17.8 Å². The molecule has 2 N–H and O–H groups in total. The summed E-state index contributed by atoms with van der Waals surface area (Å²) in [5.74, 6) is 0.508. The Morgan fingerprint density at radius 3 is 2.71 bits per heavy atom. The highest BCUT2D eigenvalue weighted by Crippen LogP contribution is 2.40. The number of para-hydroxylation sites is 1. The van der Waals surface area contributed by atoms with E-state index in [1.165, 1.54) is 6.07 Å². The molecule has 4 nitrogen and oxygen atoms in total. The van der Waals surface area contributed by atoms with Crippen molar-refractivity contribution in [1.29, 1.82) is 0 Å². The molecule has 1 heterocycles. The maximum atomic E-state index is 12.9. The lowest BCUT2D eigenvalue weighted by Crippen LogP contribution is -2.33. The fraction of sp³-hybridized carbons (Fsp3) is 0.235. The zero-order valence-electron chi connectivity index (χ0n) is 12.4. The van der Waals surface area contributed by atoms with Gasteiger partial charge in [-0.05, 0) is 23.3 Å². The fourth-order valence-electron chi connectivity index (χ4n) is 2.74. The number of ether oxygens (including phenoxy) is 1. The van der Waals surface area contributed by atoms with Crippen molar-refractivity contribution < 1.29 is 27.8 Å². The minimum Gasteiger partial charge on any atom is -0.487 e. The number of amides is 1. The van der Waals surface area contributed by atoms with Crippen molar-refractivity contribution in [3.63, 3.8) is 0 Å². The molecule has 126 valence electrons. The van der Waals surface area contributed by atoms with Gasteiger partial charge >= 0.3 is 12.3 Å². The van der Waals surface area contributed by atoms with E-state index in [2.05, 4.69) is 5.32 Å². The van der Waals surface area contributed by atoms with Crippen LogP contribution in [0.2, 0.25) is 0 Å². The number of carboxylic acid groups (broad SMARTS) is 1. The predicted molar refractivity (Wildman–Crippen MR) is 81.0 cm³/mol. The highest BCUT2D eigenvalue weighted by Gasteiger charge is 2.31. The Hall–Kier alpha value is -2.70. The average molecular weight is 337 g/mol. The van der Waals surface area contributed by atoms with Gasteiger partial charge in [-0.1, -0.05) is 30.3 Å². The Morgan fingerprint density at radius 2 is 2.00 bits per heavy atom. The van der Waals surface area contributed by atoms with Crippen LogP contribution in [0.25, 0.3) is 11.1 Å². The molecule has 0 aliphatic carbocycles. The number of rotatable bonds is 3. The molecule has 7 heteroatoms. The molecule has 0 bridgehead atoms. The first kappa shape index (κ1) is 16.2. The Labute approximate surface area is 135 Å². The lowest BCUT2D eigenvalue weighted by molar-refractivity contribution is -0.137. The van der Waals surface area contributed by atoms with E-state index in [0.717, 1.165) is 17.7 Å². The molecule has 0 saturated carbocycles. The van der Waals surface area contributed by atoms with Crippen molar-refractivity contribution >= 4 is 6.09 Å². The number of alkyl halides is 3. The molecular formula is C17H14F3NO3. The zero-order chi connectivity index (χ0) is 17.3. The van der Waals surface area contributed by atoms with Gasteiger partial charge in [0.25, 0.3) is 0 Å². The summed E-state index contributed by atoms with van der Waals surface area (Å²) in [5.41, 5.74) is 1.10. The topological polar surface area (TPSA) is 58.6 Å². The normalized spacial score (nSPS) is 16.4. The second-order valence-corrected chi connectivity index (χ2v) is 5.50. The van der Waals surface area contributed by atoms with Gasteiger partial charge in [-0.15, -0.1) is 0 Å². The monoisotopic (exact) mass is 337 g/mol. The van der Waals surface area contributed by atoms with E-state index >= 15 is 0 Å². The summed E-state index contributed by atoms with van der Waals surface area (Å²) in [7, 11) is 0. The number of fused-ring (bicyclic) bond motifs is 1. The summed E-state index contributed by atoms with van der Waals surface area (Å²) >= 11 is 0. The van der Waals surface area contributed by atoms with Gasteiger partial charge in [-0.3, -0.25) is 0 Å². The maximum absolute atomic E-state index is 12.9. The van der Waals surface area contributed by atoms with Gasteiger partial charge in [0.05, 0.1) is 12.1 Å². The van der Waals surface area contributed by atoms with E-state index in [9.17, 15) is 18.0 Å². The number of halogens is 3. The Balaban J connectivity index is 1.91. The SMILES string of the molecule is O=C(O)NCC1Cc2cccc(-c3cccc(C(F)(F)F)c3)c2O1. The number of nitrogens with one attached hydrogen (secondary N) is 1. The van der Waals surface area contributed by atoms with E-state index in [1.54, 1.807) is 18.2 Å². The first-order chi connectivity index (χ1) is 11.3. The lowest BCUT2D eigenvalue weighted by Gasteiger charge is -2.13. The molecule has 1 amide bonds. The average Bonchev–Trinajstić information content (AvgIpc) is 2.95. The van der Waals surface area contributed by atoms with Crippen molar-refractivity contribution in [3.05, 3.63) is 53.6 Å². The van der Waals surface area contributed by atoms with Crippen LogP contribution in [0.5, 0.6) is 5.75 Å². The van der Waals surface area contributed by atoms with E-state index in [1.807, 2.05) is 6.07 Å². The highest BCUT2D eigenvalue weighted by molar-refractivity contribution is 5.73. The van der Waals surface area contributed by atoms with Crippen molar-refractivity contribution in [2.24, 2.45) is 0 Å². The van der Waals surface area contributed by atoms with Gasteiger partial charge in [-0.25, -0.2) is 4.79 Å². The van der Waals surface area contributed by atoms with Crippen molar-refractivity contribution in [1.82, 2.24) is 5.32 Å². The van der Waals surface area contributed by atoms with Crippen LogP contribution in [-0.2, 0) is 12.6 Å². The Bertz CT molecular complexity index is 774. The molecule has 0 radical (unpaired) electrons. The van der Waals surface area contributed by atoms with Crippen LogP contribution < -0.4 is 10.1 Å². The third-order valence-electron chi connectivity index (χ3n) is 3.81. The molecule has 1 aliphatic rings. The molecule has 0 aromatic heterocycles. The molecule has 2 aromatic rings. The van der Waals surface area contributed by atoms with Crippen LogP contribution in [-0.4, -0.2) is 23.8 Å². The molecule has 0 saturated heterocycles. The second-order valence-electron chi connectivity index (χ2n) is 5.50. The third kappa shape index (κ3) is 3.29. The van der Waals surface area contributed by atoms with Gasteiger partial charge in [-0.2, -0.15) is 13.2 Å². The summed E-state index contributed by atoms with van der Waals surface area (Å²) in [5, 5.41) is 10.9. The highest BCUT2D eigenvalue weighted by atomic mass is 19.4. The standard InChI is InChI=1S/C17H14F3NO3/c18-17(19,20)12-5-1-3-10(7-12)14-6-2-4-11-8-13(24-15(11)14)9-21-16(22)23/h1-7,13,21H,8-9H2,(H,22,23). The first-order valence-corrected chi connectivity index (χ1v) is 7.27. The molecule has 24 heavy (non-hydrogen) atoms. The first-order valence-electron chi connectivity index (χ1n) is 7.27. The van der Waals surface area contributed by atoms with E-state index in [0.29, 0.717) is 23.3 Å². The number of benzene rings is 2. The summed E-state index contributed by atoms with van der Waals surface area (Å²) in [6.07, 6.45) is -5.43. The minimum absolute atomic E-state index is 0.117. The quantitative estimate of drug-likeness (QED) is 0.892. The summed E-state index contributed by atoms with van der Waals surface area (Å²) in [6.45, 7) is 0.117. The molecular weight excluding hydrogens is 323 g/mol. The van der Waals surface area contributed by atoms with Gasteiger partial charge in [0, 0.05) is 12.0 Å².